The number of nitrogens with one attached hydrogen (secondary N) is 2. The molecule has 228 valence electrons. The third kappa shape index (κ3) is 8.39. The smallest absolute Gasteiger partial charge is 0.274 e. The molecule has 0 radical (unpaired) electrons. The molecule has 3 amide bonds. The molecule has 1 aliphatic carbocycles. The summed E-state index contributed by atoms with van der Waals surface area (Å²) in [5.74, 6) is -0.610. The molecular weight excluding hydrogens is 558 g/mol. The topological polar surface area (TPSA) is 94.1 Å². The predicted molar refractivity (Wildman–Crippen MR) is 175 cm³/mol. The summed E-state index contributed by atoms with van der Waals surface area (Å²) in [5.41, 5.74) is 8.81. The maximum absolute atomic E-state index is 13.5. The maximum atomic E-state index is 13.5. The lowest BCUT2D eigenvalue weighted by molar-refractivity contribution is -0.129. The molecule has 3 aromatic rings. The van der Waals surface area contributed by atoms with Crippen LogP contribution >= 0.6 is 11.3 Å². The van der Waals surface area contributed by atoms with Gasteiger partial charge in [-0.05, 0) is 92.6 Å². The fourth-order valence-electron chi connectivity index (χ4n) is 5.32. The minimum atomic E-state index is -0.325. The largest absolute Gasteiger partial charge is 0.337 e. The molecule has 9 heteroatoms. The van der Waals surface area contributed by atoms with Crippen molar-refractivity contribution in [1.82, 2.24) is 15.2 Å². The number of thiophene rings is 1. The van der Waals surface area contributed by atoms with Crippen LogP contribution in [0.2, 0.25) is 0 Å². The number of rotatable bonds is 12. The number of anilines is 1. The monoisotopic (exact) mass is 601 g/mol. The minimum Gasteiger partial charge on any atom is -0.337 e. The highest BCUT2D eigenvalue weighted by molar-refractivity contribution is 7.17. The van der Waals surface area contributed by atoms with Crippen LogP contribution in [0.1, 0.15) is 87.0 Å². The van der Waals surface area contributed by atoms with Crippen LogP contribution in [0.15, 0.2) is 47.6 Å². The van der Waals surface area contributed by atoms with Crippen molar-refractivity contribution in [3.05, 3.63) is 86.3 Å². The molecule has 1 heterocycles. The van der Waals surface area contributed by atoms with Crippen LogP contribution in [-0.4, -0.2) is 59.9 Å². The first-order valence-electron chi connectivity index (χ1n) is 15.1. The number of fused-ring (bicyclic) bond motifs is 1. The van der Waals surface area contributed by atoms with Crippen LogP contribution in [0, 0.1) is 13.8 Å². The SMILES string of the molecule is CCN(CC)CCN(Cc1cccc(C(=O)Nc2sc3c(c2C(=O)NN=Cc2ccc(C)c(C)c2)CCCC3)c1)C(C)=O. The highest BCUT2D eigenvalue weighted by Crippen LogP contribution is 2.38. The van der Waals surface area contributed by atoms with Gasteiger partial charge in [-0.25, -0.2) is 5.43 Å². The van der Waals surface area contributed by atoms with Crippen molar-refractivity contribution >= 4 is 40.3 Å². The van der Waals surface area contributed by atoms with Crippen molar-refractivity contribution in [1.29, 1.82) is 0 Å². The fourth-order valence-corrected chi connectivity index (χ4v) is 6.60. The Bertz CT molecular complexity index is 1490. The number of aryl methyl sites for hydroxylation is 3. The second kappa shape index (κ2) is 15.1. The summed E-state index contributed by atoms with van der Waals surface area (Å²) in [5, 5.41) is 7.79. The van der Waals surface area contributed by atoms with Gasteiger partial charge in [0, 0.05) is 37.0 Å². The number of hydrogen-bond donors (Lipinski definition) is 2. The molecule has 43 heavy (non-hydrogen) atoms. The van der Waals surface area contributed by atoms with E-state index in [2.05, 4.69) is 41.5 Å². The zero-order valence-electron chi connectivity index (χ0n) is 26.0. The van der Waals surface area contributed by atoms with Gasteiger partial charge in [0.2, 0.25) is 5.91 Å². The van der Waals surface area contributed by atoms with Crippen molar-refractivity contribution < 1.29 is 14.4 Å². The van der Waals surface area contributed by atoms with Crippen LogP contribution in [-0.2, 0) is 24.2 Å². The Morgan fingerprint density at radius 3 is 2.44 bits per heavy atom. The Kier molecular flexibility index (Phi) is 11.3. The number of nitrogens with zero attached hydrogens (tertiary/aromatic N) is 3. The summed E-state index contributed by atoms with van der Waals surface area (Å²) in [4.78, 5) is 44.5. The van der Waals surface area contributed by atoms with Crippen LogP contribution in [0.3, 0.4) is 0 Å². The lowest BCUT2D eigenvalue weighted by Gasteiger charge is -2.25. The summed E-state index contributed by atoms with van der Waals surface area (Å²) in [6.45, 7) is 13.6. The number of carbonyl (C=O) groups excluding carboxylic acids is 3. The van der Waals surface area contributed by atoms with Gasteiger partial charge in [0.25, 0.3) is 11.8 Å². The van der Waals surface area contributed by atoms with E-state index in [1.165, 1.54) is 16.9 Å². The predicted octanol–water partition coefficient (Wildman–Crippen LogP) is 5.95. The third-order valence-corrected chi connectivity index (χ3v) is 9.33. The average Bonchev–Trinajstić information content (AvgIpc) is 3.36. The van der Waals surface area contributed by atoms with Gasteiger partial charge < -0.3 is 15.1 Å². The molecule has 0 bridgehead atoms. The first-order chi connectivity index (χ1) is 20.7. The summed E-state index contributed by atoms with van der Waals surface area (Å²) in [6.07, 6.45) is 5.41. The lowest BCUT2D eigenvalue weighted by Crippen LogP contribution is -2.37. The Morgan fingerprint density at radius 2 is 1.72 bits per heavy atom. The second-order valence-corrected chi connectivity index (χ2v) is 12.2. The highest BCUT2D eigenvalue weighted by atomic mass is 32.1. The van der Waals surface area contributed by atoms with E-state index in [1.807, 2.05) is 48.2 Å². The van der Waals surface area contributed by atoms with Crippen LogP contribution < -0.4 is 10.7 Å². The highest BCUT2D eigenvalue weighted by Gasteiger charge is 2.26. The van der Waals surface area contributed by atoms with Crippen molar-refractivity contribution in [3.8, 4) is 0 Å². The Balaban J connectivity index is 1.49. The molecule has 1 aromatic heterocycles. The Hall–Kier alpha value is -3.82. The summed E-state index contributed by atoms with van der Waals surface area (Å²) < 4.78 is 0. The zero-order valence-corrected chi connectivity index (χ0v) is 26.8. The maximum Gasteiger partial charge on any atom is 0.274 e. The molecule has 0 atom stereocenters. The van der Waals surface area contributed by atoms with Gasteiger partial charge in [0.1, 0.15) is 5.00 Å². The molecule has 0 unspecified atom stereocenters. The lowest BCUT2D eigenvalue weighted by atomic mass is 9.95. The summed E-state index contributed by atoms with van der Waals surface area (Å²) in [6, 6.07) is 13.4. The molecule has 1 aliphatic rings. The number of likely N-dealkylation sites (N-methyl/N-ethyl adjacent to an activating group) is 1. The van der Waals surface area contributed by atoms with Gasteiger partial charge in [-0.15, -0.1) is 11.3 Å². The van der Waals surface area contributed by atoms with Gasteiger partial charge in [-0.1, -0.05) is 44.2 Å². The first kappa shape index (κ1) is 32.1. The van der Waals surface area contributed by atoms with E-state index in [4.69, 9.17) is 0 Å². The average molecular weight is 602 g/mol. The second-order valence-electron chi connectivity index (χ2n) is 11.1. The zero-order chi connectivity index (χ0) is 30.9. The number of hydrazone groups is 1. The van der Waals surface area contributed by atoms with Crippen molar-refractivity contribution in [2.24, 2.45) is 5.10 Å². The molecule has 0 saturated carbocycles. The van der Waals surface area contributed by atoms with E-state index in [0.29, 0.717) is 29.2 Å². The Morgan fingerprint density at radius 1 is 0.953 bits per heavy atom. The van der Waals surface area contributed by atoms with E-state index in [1.54, 1.807) is 19.2 Å². The summed E-state index contributed by atoms with van der Waals surface area (Å²) >= 11 is 1.48. The van der Waals surface area contributed by atoms with E-state index in [0.717, 1.165) is 72.4 Å². The normalized spacial score (nSPS) is 12.8. The van der Waals surface area contributed by atoms with Crippen molar-refractivity contribution in [2.45, 2.75) is 66.8 Å². The minimum absolute atomic E-state index is 0.00185. The van der Waals surface area contributed by atoms with Crippen LogP contribution in [0.4, 0.5) is 5.00 Å². The van der Waals surface area contributed by atoms with E-state index < -0.39 is 0 Å². The van der Waals surface area contributed by atoms with Gasteiger partial charge in [0.15, 0.2) is 0 Å². The van der Waals surface area contributed by atoms with Crippen LogP contribution in [0.5, 0.6) is 0 Å². The molecule has 0 saturated heterocycles. The Labute approximate surface area is 259 Å². The standard InChI is InChI=1S/C34H43N5O3S/c1-6-38(7-2)17-18-39(25(5)40)22-27-11-10-12-28(20-27)32(41)36-34-31(29-13-8-9-14-30(29)43-34)33(42)37-35-21-26-16-15-23(3)24(4)19-26/h10-12,15-16,19-21H,6-9,13-14,17-18,22H2,1-5H3,(H,36,41)(H,37,42). The third-order valence-electron chi connectivity index (χ3n) is 8.12. The molecule has 0 spiro atoms. The molecule has 2 N–H and O–H groups in total. The fraction of sp³-hybridized carbons (Fsp3) is 0.412. The summed E-state index contributed by atoms with van der Waals surface area (Å²) in [7, 11) is 0. The van der Waals surface area contributed by atoms with Crippen LogP contribution in [0.25, 0.3) is 0 Å². The molecule has 0 fully saturated rings. The van der Waals surface area contributed by atoms with Crippen molar-refractivity contribution in [3.63, 3.8) is 0 Å². The molecule has 4 rings (SSSR count). The number of benzene rings is 2. The molecule has 0 aliphatic heterocycles. The van der Waals surface area contributed by atoms with Gasteiger partial charge in [-0.3, -0.25) is 14.4 Å². The van der Waals surface area contributed by atoms with E-state index >= 15 is 0 Å². The number of carbonyl (C=O) groups is 3. The number of amides is 3. The molecular formula is C34H43N5O3S. The van der Waals surface area contributed by atoms with E-state index in [9.17, 15) is 14.4 Å². The quantitative estimate of drug-likeness (QED) is 0.198. The molecule has 2 aromatic carbocycles. The number of hydrogen-bond acceptors (Lipinski definition) is 6. The van der Waals surface area contributed by atoms with Crippen molar-refractivity contribution in [2.75, 3.05) is 31.5 Å². The van der Waals surface area contributed by atoms with E-state index in [-0.39, 0.29) is 17.7 Å². The first-order valence-corrected chi connectivity index (χ1v) is 15.9. The van der Waals surface area contributed by atoms with Gasteiger partial charge in [0.05, 0.1) is 11.8 Å². The van der Waals surface area contributed by atoms with Gasteiger partial charge >= 0.3 is 0 Å². The van der Waals surface area contributed by atoms with Gasteiger partial charge in [-0.2, -0.15) is 5.10 Å². The molecule has 8 nitrogen and oxygen atoms in total.